The van der Waals surface area contributed by atoms with Gasteiger partial charge in [-0.15, -0.1) is 0 Å². The molecule has 2 aromatic rings. The van der Waals surface area contributed by atoms with E-state index >= 15 is 0 Å². The Kier molecular flexibility index (Phi) is 5.84. The van der Waals surface area contributed by atoms with E-state index in [2.05, 4.69) is 5.32 Å². The molecule has 1 saturated heterocycles. The van der Waals surface area contributed by atoms with E-state index in [-0.39, 0.29) is 0 Å². The zero-order valence-corrected chi connectivity index (χ0v) is 16.2. The molecule has 0 amide bonds. The maximum Gasteiger partial charge on any atom is 0.243 e. The number of piperidine rings is 1. The largest absolute Gasteiger partial charge is 0.497 e. The van der Waals surface area contributed by atoms with Gasteiger partial charge >= 0.3 is 0 Å². The maximum atomic E-state index is 13.0. The molecule has 6 heteroatoms. The highest BCUT2D eigenvalue weighted by molar-refractivity contribution is 7.89. The van der Waals surface area contributed by atoms with Crippen LogP contribution < -0.4 is 10.1 Å². The van der Waals surface area contributed by atoms with Gasteiger partial charge in [0, 0.05) is 25.3 Å². The molecule has 0 saturated carbocycles. The summed E-state index contributed by atoms with van der Waals surface area (Å²) in [6, 6.07) is 13.4. The van der Waals surface area contributed by atoms with Crippen molar-refractivity contribution in [3.8, 4) is 5.75 Å². The minimum Gasteiger partial charge on any atom is -0.497 e. The van der Waals surface area contributed by atoms with Gasteiger partial charge in [0.05, 0.1) is 12.0 Å². The number of rotatable bonds is 6. The number of hydrogen-bond acceptors (Lipinski definition) is 4. The predicted octanol–water partition coefficient (Wildman–Crippen LogP) is 3.79. The summed E-state index contributed by atoms with van der Waals surface area (Å²) in [7, 11) is -1.79. The molecule has 0 radical (unpaired) electrons. The smallest absolute Gasteiger partial charge is 0.243 e. The lowest BCUT2D eigenvalue weighted by molar-refractivity contribution is 0.346. The molecule has 0 spiro atoms. The lowest BCUT2D eigenvalue weighted by Crippen LogP contribution is -2.36. The molecule has 3 rings (SSSR count). The number of nitrogens with zero attached hydrogens (tertiary/aromatic N) is 1. The van der Waals surface area contributed by atoms with Gasteiger partial charge in [-0.05, 0) is 55.2 Å². The van der Waals surface area contributed by atoms with Crippen molar-refractivity contribution in [1.82, 2.24) is 4.31 Å². The highest BCUT2D eigenvalue weighted by Crippen LogP contribution is 2.26. The van der Waals surface area contributed by atoms with Gasteiger partial charge < -0.3 is 10.1 Å². The third-order valence-corrected chi connectivity index (χ3v) is 6.79. The van der Waals surface area contributed by atoms with E-state index < -0.39 is 10.0 Å². The lowest BCUT2D eigenvalue weighted by Gasteiger charge is -2.26. The number of hydrogen-bond donors (Lipinski definition) is 1. The van der Waals surface area contributed by atoms with Crippen LogP contribution in [0.1, 0.15) is 30.4 Å². The lowest BCUT2D eigenvalue weighted by atomic mass is 10.2. The van der Waals surface area contributed by atoms with Gasteiger partial charge in [-0.1, -0.05) is 24.6 Å². The Morgan fingerprint density at radius 3 is 2.58 bits per heavy atom. The quantitative estimate of drug-likeness (QED) is 0.836. The predicted molar refractivity (Wildman–Crippen MR) is 104 cm³/mol. The summed E-state index contributed by atoms with van der Waals surface area (Å²) in [4.78, 5) is 0.398. The summed E-state index contributed by atoms with van der Waals surface area (Å²) in [6.45, 7) is 3.68. The number of ether oxygens (including phenoxy) is 1. The Hall–Kier alpha value is -2.05. The molecule has 1 aliphatic rings. The van der Waals surface area contributed by atoms with Crippen molar-refractivity contribution >= 4 is 15.7 Å². The summed E-state index contributed by atoms with van der Waals surface area (Å²) < 4.78 is 32.9. The number of sulfonamides is 1. The van der Waals surface area contributed by atoms with Crippen molar-refractivity contribution < 1.29 is 13.2 Å². The standard InChI is InChI=1S/C20H26N2O3S/c1-16-9-10-18(21-15-17-7-6-8-19(13-17)25-2)14-20(16)26(23,24)22-11-4-3-5-12-22/h6-10,13-14,21H,3-5,11-12,15H2,1-2H3. The third-order valence-electron chi connectivity index (χ3n) is 4.75. The first-order valence-electron chi connectivity index (χ1n) is 8.98. The van der Waals surface area contributed by atoms with Crippen molar-refractivity contribution in [2.75, 3.05) is 25.5 Å². The Balaban J connectivity index is 1.78. The first kappa shape index (κ1) is 18.7. The van der Waals surface area contributed by atoms with Gasteiger partial charge in [0.2, 0.25) is 10.0 Å². The van der Waals surface area contributed by atoms with Crippen LogP contribution in [0.15, 0.2) is 47.4 Å². The monoisotopic (exact) mass is 374 g/mol. The van der Waals surface area contributed by atoms with E-state index in [4.69, 9.17) is 4.74 Å². The molecule has 0 atom stereocenters. The van der Waals surface area contributed by atoms with Crippen LogP contribution in [-0.2, 0) is 16.6 Å². The Labute approximate surface area is 156 Å². The molecule has 1 heterocycles. The zero-order chi connectivity index (χ0) is 18.6. The Morgan fingerprint density at radius 2 is 1.85 bits per heavy atom. The molecule has 1 fully saturated rings. The molecular formula is C20H26N2O3S. The van der Waals surface area contributed by atoms with E-state index in [1.54, 1.807) is 17.5 Å². The number of nitrogens with one attached hydrogen (secondary N) is 1. The van der Waals surface area contributed by atoms with Crippen molar-refractivity contribution in [3.63, 3.8) is 0 Å². The van der Waals surface area contributed by atoms with Crippen LogP contribution in [0.3, 0.4) is 0 Å². The van der Waals surface area contributed by atoms with Crippen LogP contribution in [-0.4, -0.2) is 32.9 Å². The van der Waals surface area contributed by atoms with Crippen LogP contribution in [0.4, 0.5) is 5.69 Å². The molecule has 5 nitrogen and oxygen atoms in total. The minimum absolute atomic E-state index is 0.398. The summed E-state index contributed by atoms with van der Waals surface area (Å²) in [5, 5.41) is 3.32. The van der Waals surface area contributed by atoms with Gasteiger partial charge in [0.15, 0.2) is 0 Å². The first-order valence-corrected chi connectivity index (χ1v) is 10.4. The van der Waals surface area contributed by atoms with Crippen molar-refractivity contribution in [3.05, 3.63) is 53.6 Å². The van der Waals surface area contributed by atoms with E-state index in [0.717, 1.165) is 41.8 Å². The summed E-state index contributed by atoms with van der Waals surface area (Å²) in [5.41, 5.74) is 2.65. The molecule has 1 N–H and O–H groups in total. The summed E-state index contributed by atoms with van der Waals surface area (Å²) >= 11 is 0. The normalized spacial score (nSPS) is 15.6. The van der Waals surface area contributed by atoms with Crippen molar-refractivity contribution in [2.45, 2.75) is 37.6 Å². The van der Waals surface area contributed by atoms with Crippen LogP contribution in [0.5, 0.6) is 5.75 Å². The molecule has 0 unspecified atom stereocenters. The van der Waals surface area contributed by atoms with E-state index in [1.165, 1.54) is 0 Å². The average molecular weight is 375 g/mol. The van der Waals surface area contributed by atoms with E-state index in [0.29, 0.717) is 24.5 Å². The maximum absolute atomic E-state index is 13.0. The Morgan fingerprint density at radius 1 is 1.08 bits per heavy atom. The summed E-state index contributed by atoms with van der Waals surface area (Å²) in [6.07, 6.45) is 2.98. The number of anilines is 1. The average Bonchev–Trinajstić information content (AvgIpc) is 2.68. The fourth-order valence-corrected chi connectivity index (χ4v) is 4.99. The molecule has 0 aliphatic carbocycles. The Bertz CT molecular complexity index is 859. The SMILES string of the molecule is COc1cccc(CNc2ccc(C)c(S(=O)(=O)N3CCCCC3)c2)c1. The second kappa shape index (κ2) is 8.10. The number of methoxy groups -OCH3 is 1. The van der Waals surface area contributed by atoms with Crippen LogP contribution in [0.2, 0.25) is 0 Å². The molecule has 1 aliphatic heterocycles. The molecular weight excluding hydrogens is 348 g/mol. The fraction of sp³-hybridized carbons (Fsp3) is 0.400. The molecule has 140 valence electrons. The number of benzene rings is 2. The molecule has 2 aromatic carbocycles. The van der Waals surface area contributed by atoms with Gasteiger partial charge in [-0.25, -0.2) is 8.42 Å². The highest BCUT2D eigenvalue weighted by Gasteiger charge is 2.27. The van der Waals surface area contributed by atoms with Crippen LogP contribution in [0.25, 0.3) is 0 Å². The molecule has 0 bridgehead atoms. The second-order valence-corrected chi connectivity index (χ2v) is 8.56. The van der Waals surface area contributed by atoms with Crippen molar-refractivity contribution in [2.24, 2.45) is 0 Å². The van der Waals surface area contributed by atoms with Crippen LogP contribution in [0, 0.1) is 6.92 Å². The van der Waals surface area contributed by atoms with Gasteiger partial charge in [-0.2, -0.15) is 4.31 Å². The van der Waals surface area contributed by atoms with E-state index in [9.17, 15) is 8.42 Å². The molecule has 26 heavy (non-hydrogen) atoms. The third kappa shape index (κ3) is 4.19. The number of aryl methyl sites for hydroxylation is 1. The minimum atomic E-state index is -3.44. The topological polar surface area (TPSA) is 58.6 Å². The fourth-order valence-electron chi connectivity index (χ4n) is 3.22. The first-order chi connectivity index (χ1) is 12.5. The van der Waals surface area contributed by atoms with Gasteiger partial charge in [-0.3, -0.25) is 0 Å². The zero-order valence-electron chi connectivity index (χ0n) is 15.4. The van der Waals surface area contributed by atoms with Crippen LogP contribution >= 0.6 is 0 Å². The van der Waals surface area contributed by atoms with Gasteiger partial charge in [0.1, 0.15) is 5.75 Å². The molecule has 0 aromatic heterocycles. The second-order valence-electron chi connectivity index (χ2n) is 6.65. The van der Waals surface area contributed by atoms with Crippen molar-refractivity contribution in [1.29, 1.82) is 0 Å². The van der Waals surface area contributed by atoms with Gasteiger partial charge in [0.25, 0.3) is 0 Å². The van der Waals surface area contributed by atoms with E-state index in [1.807, 2.05) is 43.3 Å². The summed E-state index contributed by atoms with van der Waals surface area (Å²) in [5.74, 6) is 0.807. The highest BCUT2D eigenvalue weighted by atomic mass is 32.2.